The maximum Gasteiger partial charge on any atom is 0.256 e. The molecule has 6 nitrogen and oxygen atoms in total. The van der Waals surface area contributed by atoms with Crippen molar-refractivity contribution < 1.29 is 18.7 Å². The van der Waals surface area contributed by atoms with E-state index in [9.17, 15) is 14.0 Å². The number of hydrogen-bond donors (Lipinski definition) is 0. The second-order valence-electron chi connectivity index (χ2n) is 9.53. The summed E-state index contributed by atoms with van der Waals surface area (Å²) < 4.78 is 19.4. The number of carbonyl (C=O) groups excluding carboxylic acids is 2. The molecule has 1 atom stereocenters. The Labute approximate surface area is 215 Å². The lowest BCUT2D eigenvalue weighted by atomic mass is 9.77. The fourth-order valence-corrected chi connectivity index (χ4v) is 5.37. The van der Waals surface area contributed by atoms with Gasteiger partial charge in [-0.2, -0.15) is 0 Å². The van der Waals surface area contributed by atoms with E-state index in [4.69, 9.17) is 27.9 Å². The van der Waals surface area contributed by atoms with Gasteiger partial charge in [-0.3, -0.25) is 9.59 Å². The van der Waals surface area contributed by atoms with Crippen LogP contribution in [0.15, 0.2) is 42.5 Å². The first-order chi connectivity index (χ1) is 16.8. The molecule has 2 aliphatic rings. The van der Waals surface area contributed by atoms with E-state index < -0.39 is 5.41 Å². The Morgan fingerprint density at radius 2 is 1.63 bits per heavy atom. The van der Waals surface area contributed by atoms with Gasteiger partial charge in [0, 0.05) is 51.1 Å². The Balaban J connectivity index is 1.55. The van der Waals surface area contributed by atoms with Crippen molar-refractivity contribution >= 4 is 35.0 Å². The lowest BCUT2D eigenvalue weighted by Gasteiger charge is -2.43. The number of likely N-dealkylation sites (N-methyl/N-ethyl adjacent to an activating group) is 1. The molecular weight excluding hydrogens is 492 g/mol. The van der Waals surface area contributed by atoms with Crippen molar-refractivity contribution in [3.8, 4) is 5.75 Å². The van der Waals surface area contributed by atoms with E-state index in [1.807, 2.05) is 11.9 Å². The zero-order chi connectivity index (χ0) is 25.0. The average Bonchev–Trinajstić information content (AvgIpc) is 2.84. The maximum absolute atomic E-state index is 13.4. The van der Waals surface area contributed by atoms with Crippen molar-refractivity contribution in [3.05, 3.63) is 63.9 Å². The Morgan fingerprint density at radius 3 is 2.29 bits per heavy atom. The fraction of sp³-hybridized carbons (Fsp3) is 0.462. The van der Waals surface area contributed by atoms with Gasteiger partial charge >= 0.3 is 0 Å². The molecule has 0 aromatic heterocycles. The molecule has 0 radical (unpaired) electrons. The fourth-order valence-electron chi connectivity index (χ4n) is 4.81. The summed E-state index contributed by atoms with van der Waals surface area (Å²) in [5, 5.41) is 0.601. The van der Waals surface area contributed by atoms with E-state index in [0.717, 1.165) is 25.9 Å². The molecule has 1 unspecified atom stereocenters. The summed E-state index contributed by atoms with van der Waals surface area (Å²) in [6.07, 6.45) is 1.71. The van der Waals surface area contributed by atoms with Gasteiger partial charge in [-0.05, 0) is 56.3 Å². The highest BCUT2D eigenvalue weighted by molar-refractivity contribution is 6.39. The predicted molar refractivity (Wildman–Crippen MR) is 135 cm³/mol. The number of amides is 2. The van der Waals surface area contributed by atoms with Crippen LogP contribution in [-0.4, -0.2) is 79.4 Å². The number of nitrogens with zero attached hydrogens (tertiary/aromatic N) is 3. The lowest BCUT2D eigenvalue weighted by Crippen LogP contribution is -2.53. The molecule has 0 spiro atoms. The van der Waals surface area contributed by atoms with Gasteiger partial charge in [0.1, 0.15) is 11.6 Å². The summed E-state index contributed by atoms with van der Waals surface area (Å²) in [7, 11) is 2.05. The quantitative estimate of drug-likeness (QED) is 0.557. The van der Waals surface area contributed by atoms with Crippen molar-refractivity contribution in [1.82, 2.24) is 14.7 Å². The molecule has 0 bridgehead atoms. The van der Waals surface area contributed by atoms with Gasteiger partial charge in [0.15, 0.2) is 0 Å². The number of halogens is 3. The second-order valence-corrected chi connectivity index (χ2v) is 10.3. The van der Waals surface area contributed by atoms with Gasteiger partial charge < -0.3 is 19.4 Å². The number of likely N-dealkylation sites (tertiary alicyclic amines) is 1. The number of benzene rings is 2. The zero-order valence-corrected chi connectivity index (χ0v) is 21.3. The molecule has 188 valence electrons. The summed E-state index contributed by atoms with van der Waals surface area (Å²) in [4.78, 5) is 32.6. The Bertz CT molecular complexity index is 1040. The van der Waals surface area contributed by atoms with Crippen LogP contribution < -0.4 is 4.74 Å². The van der Waals surface area contributed by atoms with E-state index >= 15 is 0 Å². The van der Waals surface area contributed by atoms with Crippen LogP contribution in [0.5, 0.6) is 5.75 Å². The standard InChI is InChI=1S/C26H30Cl2FN3O3/c1-30-12-14-31(15-13-30)23(33)16-26(18-35-20-8-6-19(29)7-9-20)10-3-11-32(17-26)25(34)24-21(27)4-2-5-22(24)28/h2,4-9H,3,10-18H2,1H3. The SMILES string of the molecule is CN1CCN(C(=O)CC2(COc3ccc(F)cc3)CCCN(C(=O)c3c(Cl)cccc3Cl)C2)CC1. The van der Waals surface area contributed by atoms with E-state index in [2.05, 4.69) is 4.90 Å². The third-order valence-corrected chi connectivity index (χ3v) is 7.50. The Hall–Kier alpha value is -2.35. The van der Waals surface area contributed by atoms with Gasteiger partial charge in [-0.15, -0.1) is 0 Å². The third-order valence-electron chi connectivity index (χ3n) is 6.87. The minimum Gasteiger partial charge on any atom is -0.493 e. The van der Waals surface area contributed by atoms with Crippen LogP contribution >= 0.6 is 23.2 Å². The summed E-state index contributed by atoms with van der Waals surface area (Å²) in [5.41, 5.74) is -0.312. The number of carbonyl (C=O) groups is 2. The second kappa shape index (κ2) is 11.1. The van der Waals surface area contributed by atoms with Crippen LogP contribution in [0.1, 0.15) is 29.6 Å². The first-order valence-corrected chi connectivity index (χ1v) is 12.6. The Morgan fingerprint density at radius 1 is 0.971 bits per heavy atom. The molecule has 2 heterocycles. The van der Waals surface area contributed by atoms with E-state index in [1.165, 1.54) is 12.1 Å². The molecule has 9 heteroatoms. The smallest absolute Gasteiger partial charge is 0.256 e. The molecule has 2 aromatic carbocycles. The molecule has 35 heavy (non-hydrogen) atoms. The predicted octanol–water partition coefficient (Wildman–Crippen LogP) is 4.60. The number of ether oxygens (including phenoxy) is 1. The largest absolute Gasteiger partial charge is 0.493 e. The molecule has 2 aromatic rings. The molecule has 2 aliphatic heterocycles. The summed E-state index contributed by atoms with van der Waals surface area (Å²) >= 11 is 12.6. The first-order valence-electron chi connectivity index (χ1n) is 11.8. The van der Waals surface area contributed by atoms with E-state index in [-0.39, 0.29) is 36.2 Å². The van der Waals surface area contributed by atoms with Gasteiger partial charge in [-0.1, -0.05) is 29.3 Å². The normalized spacial score (nSPS) is 21.1. The summed E-state index contributed by atoms with van der Waals surface area (Å²) in [5.74, 6) is -0.0110. The van der Waals surface area contributed by atoms with Gasteiger partial charge in [-0.25, -0.2) is 4.39 Å². The molecule has 2 saturated heterocycles. The summed E-state index contributed by atoms with van der Waals surface area (Å²) in [6.45, 7) is 4.15. The maximum atomic E-state index is 13.4. The number of rotatable bonds is 6. The lowest BCUT2D eigenvalue weighted by molar-refractivity contribution is -0.137. The molecule has 0 saturated carbocycles. The zero-order valence-electron chi connectivity index (χ0n) is 19.8. The van der Waals surface area contributed by atoms with Gasteiger partial charge in [0.05, 0.1) is 22.2 Å². The van der Waals surface area contributed by atoms with E-state index in [0.29, 0.717) is 42.0 Å². The summed E-state index contributed by atoms with van der Waals surface area (Å²) in [6, 6.07) is 10.8. The van der Waals surface area contributed by atoms with Crippen LogP contribution in [0.4, 0.5) is 4.39 Å². The highest BCUT2D eigenvalue weighted by Gasteiger charge is 2.41. The molecule has 4 rings (SSSR count). The van der Waals surface area contributed by atoms with Crippen LogP contribution in [0.2, 0.25) is 10.0 Å². The number of hydrogen-bond acceptors (Lipinski definition) is 4. The molecule has 2 fully saturated rings. The van der Waals surface area contributed by atoms with Crippen molar-refractivity contribution in [2.24, 2.45) is 5.41 Å². The van der Waals surface area contributed by atoms with Crippen LogP contribution in [0.25, 0.3) is 0 Å². The van der Waals surface area contributed by atoms with Crippen LogP contribution in [-0.2, 0) is 4.79 Å². The van der Waals surface area contributed by atoms with Crippen LogP contribution in [0.3, 0.4) is 0 Å². The third kappa shape index (κ3) is 6.26. The minimum atomic E-state index is -0.587. The monoisotopic (exact) mass is 521 g/mol. The highest BCUT2D eigenvalue weighted by Crippen LogP contribution is 2.37. The molecular formula is C26H30Cl2FN3O3. The van der Waals surface area contributed by atoms with E-state index in [1.54, 1.807) is 35.2 Å². The topological polar surface area (TPSA) is 53.1 Å². The molecule has 0 N–H and O–H groups in total. The first kappa shape index (κ1) is 25.7. The average molecular weight is 522 g/mol. The minimum absolute atomic E-state index is 0.0610. The number of piperidine rings is 1. The van der Waals surface area contributed by atoms with Gasteiger partial charge in [0.2, 0.25) is 5.91 Å². The van der Waals surface area contributed by atoms with Crippen molar-refractivity contribution in [2.75, 3.05) is 52.9 Å². The Kier molecular flexibility index (Phi) is 8.19. The van der Waals surface area contributed by atoms with Crippen LogP contribution in [0, 0.1) is 11.2 Å². The molecule has 0 aliphatic carbocycles. The van der Waals surface area contributed by atoms with Crippen molar-refractivity contribution in [3.63, 3.8) is 0 Å². The van der Waals surface area contributed by atoms with Crippen molar-refractivity contribution in [2.45, 2.75) is 19.3 Å². The van der Waals surface area contributed by atoms with Gasteiger partial charge in [0.25, 0.3) is 5.91 Å². The molecule has 2 amide bonds. The van der Waals surface area contributed by atoms with Crippen molar-refractivity contribution in [1.29, 1.82) is 0 Å². The number of piperazine rings is 1. The highest BCUT2D eigenvalue weighted by atomic mass is 35.5.